The van der Waals surface area contributed by atoms with E-state index in [1.807, 2.05) is 6.07 Å². The summed E-state index contributed by atoms with van der Waals surface area (Å²) >= 11 is 0. The second-order valence-corrected chi connectivity index (χ2v) is 7.72. The molecule has 2 aromatic rings. The standard InChI is InChI=1S/C16H16F3N3O3S/c17-16(18,19)15-21-20-14(25-15)13-7-4-9-22(11-13)26(23,24)10-8-12-5-2-1-3-6-12/h1-3,5-6,8,10,13H,4,7,9,11H2/b10-8+/t13-/m0/s1. The van der Waals surface area contributed by atoms with Gasteiger partial charge in [0.1, 0.15) is 0 Å². The third-order valence-electron chi connectivity index (χ3n) is 4.01. The Morgan fingerprint density at radius 2 is 1.92 bits per heavy atom. The molecule has 26 heavy (non-hydrogen) atoms. The quantitative estimate of drug-likeness (QED) is 0.805. The smallest absolute Gasteiger partial charge is 0.417 e. The van der Waals surface area contributed by atoms with Crippen molar-refractivity contribution in [3.05, 3.63) is 53.1 Å². The number of hydrogen-bond acceptors (Lipinski definition) is 5. The van der Waals surface area contributed by atoms with Crippen LogP contribution in [0.5, 0.6) is 0 Å². The maximum atomic E-state index is 12.6. The summed E-state index contributed by atoms with van der Waals surface area (Å²) in [4.78, 5) is 0. The maximum Gasteiger partial charge on any atom is 0.470 e. The van der Waals surface area contributed by atoms with E-state index in [1.54, 1.807) is 24.3 Å². The highest BCUT2D eigenvalue weighted by Crippen LogP contribution is 2.32. The largest absolute Gasteiger partial charge is 0.470 e. The highest BCUT2D eigenvalue weighted by Gasteiger charge is 2.39. The van der Waals surface area contributed by atoms with Gasteiger partial charge in [0, 0.05) is 18.5 Å². The maximum absolute atomic E-state index is 12.6. The van der Waals surface area contributed by atoms with Crippen LogP contribution in [-0.4, -0.2) is 36.0 Å². The Kier molecular flexibility index (Phi) is 5.15. The van der Waals surface area contributed by atoms with Gasteiger partial charge in [-0.25, -0.2) is 8.42 Å². The number of benzene rings is 1. The Balaban J connectivity index is 1.73. The van der Waals surface area contributed by atoms with Gasteiger partial charge in [-0.05, 0) is 24.5 Å². The fraction of sp³-hybridized carbons (Fsp3) is 0.375. The first-order valence-electron chi connectivity index (χ1n) is 7.89. The monoisotopic (exact) mass is 387 g/mol. The van der Waals surface area contributed by atoms with Crippen LogP contribution in [0, 0.1) is 0 Å². The zero-order valence-electron chi connectivity index (χ0n) is 13.6. The lowest BCUT2D eigenvalue weighted by molar-refractivity contribution is -0.157. The second-order valence-electron chi connectivity index (χ2n) is 5.90. The Hall–Kier alpha value is -2.20. The molecule has 0 amide bonds. The van der Waals surface area contributed by atoms with E-state index in [0.717, 1.165) is 11.0 Å². The van der Waals surface area contributed by atoms with Crippen LogP contribution in [0.3, 0.4) is 0 Å². The SMILES string of the molecule is O=S(=O)(/C=C/c1ccccc1)N1CCC[C@H](c2nnc(C(F)(F)F)o2)C1. The van der Waals surface area contributed by atoms with Crippen LogP contribution >= 0.6 is 0 Å². The Morgan fingerprint density at radius 1 is 1.19 bits per heavy atom. The molecule has 1 aliphatic heterocycles. The molecular formula is C16H16F3N3O3S. The van der Waals surface area contributed by atoms with E-state index in [1.165, 1.54) is 10.4 Å². The first kappa shape index (κ1) is 18.6. The van der Waals surface area contributed by atoms with Crippen molar-refractivity contribution < 1.29 is 26.0 Å². The lowest BCUT2D eigenvalue weighted by Crippen LogP contribution is -2.38. The minimum absolute atomic E-state index is 0.000946. The summed E-state index contributed by atoms with van der Waals surface area (Å²) in [5.74, 6) is -2.17. The molecule has 0 unspecified atom stereocenters. The molecule has 6 nitrogen and oxygen atoms in total. The summed E-state index contributed by atoms with van der Waals surface area (Å²) in [5.41, 5.74) is 0.733. The Bertz CT molecular complexity index is 879. The predicted molar refractivity (Wildman–Crippen MR) is 87.2 cm³/mol. The van der Waals surface area contributed by atoms with Crippen LogP contribution < -0.4 is 0 Å². The zero-order valence-corrected chi connectivity index (χ0v) is 14.4. The fourth-order valence-corrected chi connectivity index (χ4v) is 3.98. The molecule has 2 heterocycles. The van der Waals surface area contributed by atoms with E-state index in [0.29, 0.717) is 12.8 Å². The van der Waals surface area contributed by atoms with Crippen molar-refractivity contribution in [2.75, 3.05) is 13.1 Å². The summed E-state index contributed by atoms with van der Waals surface area (Å²) < 4.78 is 68.6. The Labute approximate surface area is 148 Å². The minimum atomic E-state index is -4.72. The molecule has 1 saturated heterocycles. The van der Waals surface area contributed by atoms with Gasteiger partial charge in [-0.15, -0.1) is 10.2 Å². The lowest BCUT2D eigenvalue weighted by Gasteiger charge is -2.29. The number of halogens is 3. The van der Waals surface area contributed by atoms with Gasteiger partial charge in [-0.2, -0.15) is 17.5 Å². The number of nitrogens with zero attached hydrogens (tertiary/aromatic N) is 3. The molecule has 0 bridgehead atoms. The molecule has 1 fully saturated rings. The summed E-state index contributed by atoms with van der Waals surface area (Å²) in [6.07, 6.45) is -2.27. The predicted octanol–water partition coefficient (Wildman–Crippen LogP) is 3.27. The van der Waals surface area contributed by atoms with Gasteiger partial charge in [0.15, 0.2) is 0 Å². The van der Waals surface area contributed by atoms with Crippen LogP contribution in [0.2, 0.25) is 0 Å². The van der Waals surface area contributed by atoms with Crippen LogP contribution in [0.4, 0.5) is 13.2 Å². The molecule has 3 rings (SSSR count). The van der Waals surface area contributed by atoms with E-state index in [2.05, 4.69) is 10.2 Å². The normalized spacial score (nSPS) is 19.9. The highest BCUT2D eigenvalue weighted by atomic mass is 32.2. The van der Waals surface area contributed by atoms with Gasteiger partial charge in [0.25, 0.3) is 0 Å². The minimum Gasteiger partial charge on any atom is -0.417 e. The molecule has 0 saturated carbocycles. The number of alkyl halides is 3. The average Bonchev–Trinajstić information content (AvgIpc) is 3.12. The summed E-state index contributed by atoms with van der Waals surface area (Å²) in [6, 6.07) is 8.93. The van der Waals surface area contributed by atoms with Crippen molar-refractivity contribution >= 4 is 16.1 Å². The molecule has 140 valence electrons. The Morgan fingerprint density at radius 3 is 2.58 bits per heavy atom. The van der Waals surface area contributed by atoms with E-state index >= 15 is 0 Å². The number of hydrogen-bond donors (Lipinski definition) is 0. The van der Waals surface area contributed by atoms with Crippen molar-refractivity contribution in [2.45, 2.75) is 24.9 Å². The van der Waals surface area contributed by atoms with Gasteiger partial charge in [0.2, 0.25) is 15.9 Å². The van der Waals surface area contributed by atoms with E-state index in [9.17, 15) is 21.6 Å². The van der Waals surface area contributed by atoms with Gasteiger partial charge in [-0.3, -0.25) is 0 Å². The lowest BCUT2D eigenvalue weighted by atomic mass is 10.00. The van der Waals surface area contributed by atoms with Crippen LogP contribution in [0.1, 0.15) is 36.1 Å². The number of piperidine rings is 1. The van der Waals surface area contributed by atoms with Crippen molar-refractivity contribution in [3.8, 4) is 0 Å². The first-order valence-corrected chi connectivity index (χ1v) is 9.40. The van der Waals surface area contributed by atoms with Crippen LogP contribution in [-0.2, 0) is 16.2 Å². The molecule has 0 spiro atoms. The van der Waals surface area contributed by atoms with Crippen molar-refractivity contribution in [1.82, 2.24) is 14.5 Å². The molecule has 1 atom stereocenters. The van der Waals surface area contributed by atoms with Crippen molar-refractivity contribution in [1.29, 1.82) is 0 Å². The molecule has 0 N–H and O–H groups in total. The van der Waals surface area contributed by atoms with E-state index in [4.69, 9.17) is 4.42 Å². The molecule has 1 aromatic heterocycles. The van der Waals surface area contributed by atoms with Gasteiger partial charge < -0.3 is 4.42 Å². The average molecular weight is 387 g/mol. The zero-order chi connectivity index (χ0) is 18.8. The summed E-state index contributed by atoms with van der Waals surface area (Å²) in [7, 11) is -3.70. The number of rotatable bonds is 4. The summed E-state index contributed by atoms with van der Waals surface area (Å²) in [5, 5.41) is 7.54. The summed E-state index contributed by atoms with van der Waals surface area (Å²) in [6.45, 7) is 0.291. The second kappa shape index (κ2) is 7.20. The fourth-order valence-electron chi connectivity index (χ4n) is 2.70. The van der Waals surface area contributed by atoms with Crippen LogP contribution in [0.25, 0.3) is 6.08 Å². The number of aromatic nitrogens is 2. The first-order chi connectivity index (χ1) is 12.3. The van der Waals surface area contributed by atoms with Crippen molar-refractivity contribution in [3.63, 3.8) is 0 Å². The molecular weight excluding hydrogens is 371 g/mol. The third kappa shape index (κ3) is 4.31. The highest BCUT2D eigenvalue weighted by molar-refractivity contribution is 7.92. The number of sulfonamides is 1. The van der Waals surface area contributed by atoms with Gasteiger partial charge >= 0.3 is 12.1 Å². The van der Waals surface area contributed by atoms with Gasteiger partial charge in [0.05, 0.1) is 5.92 Å². The molecule has 1 aliphatic rings. The van der Waals surface area contributed by atoms with E-state index in [-0.39, 0.29) is 19.0 Å². The molecule has 0 aliphatic carbocycles. The van der Waals surface area contributed by atoms with Crippen LogP contribution in [0.15, 0.2) is 40.2 Å². The topological polar surface area (TPSA) is 76.3 Å². The third-order valence-corrected chi connectivity index (χ3v) is 5.54. The van der Waals surface area contributed by atoms with Gasteiger partial charge in [-0.1, -0.05) is 30.3 Å². The van der Waals surface area contributed by atoms with Crippen molar-refractivity contribution in [2.24, 2.45) is 0 Å². The molecule has 10 heteroatoms. The molecule has 1 aromatic carbocycles. The van der Waals surface area contributed by atoms with E-state index < -0.39 is 28.0 Å². The molecule has 0 radical (unpaired) electrons.